The van der Waals surface area contributed by atoms with E-state index in [2.05, 4.69) is 64.1 Å². The molecular weight excluding hydrogens is 792 g/mol. The number of aromatic nitrogens is 1. The number of rotatable bonds is 13. The van der Waals surface area contributed by atoms with Crippen LogP contribution in [0.3, 0.4) is 0 Å². The van der Waals surface area contributed by atoms with E-state index in [1.54, 1.807) is 24.3 Å². The summed E-state index contributed by atoms with van der Waals surface area (Å²) in [6.45, 7) is 8.49. The minimum atomic E-state index is -4.55. The van der Waals surface area contributed by atoms with E-state index in [4.69, 9.17) is 26.8 Å². The average Bonchev–Trinajstić information content (AvgIpc) is 3.23. The number of pyridine rings is 1. The number of hydrogen-bond acceptors (Lipinski definition) is 11. The lowest BCUT2D eigenvalue weighted by atomic mass is 9.72. The summed E-state index contributed by atoms with van der Waals surface area (Å²) in [6.07, 6.45) is 7.67. The van der Waals surface area contributed by atoms with E-state index in [1.165, 1.54) is 41.1 Å². The molecule has 59 heavy (non-hydrogen) atoms. The van der Waals surface area contributed by atoms with Gasteiger partial charge in [0.1, 0.15) is 23.0 Å². The molecule has 7 rings (SSSR count). The molecule has 1 atom stereocenters. The number of nitro groups is 1. The molecule has 3 aromatic carbocycles. The van der Waals surface area contributed by atoms with Crippen molar-refractivity contribution in [3.05, 3.63) is 124 Å². The molecule has 3 heterocycles. The topological polar surface area (TPSA) is 179 Å². The lowest BCUT2D eigenvalue weighted by molar-refractivity contribution is -0.384. The maximum Gasteiger partial charge on any atom is 0.293 e. The number of nitrogens with one attached hydrogen (secondary N) is 2. The molecule has 1 aromatic heterocycles. The second-order valence-corrected chi connectivity index (χ2v) is 18.2. The third-order valence-electron chi connectivity index (χ3n) is 11.4. The first-order valence-corrected chi connectivity index (χ1v) is 21.7. The number of nitro benzene ring substituents is 1. The quantitative estimate of drug-likeness (QED) is 0.0670. The summed E-state index contributed by atoms with van der Waals surface area (Å²) in [4.78, 5) is 31.2. The zero-order chi connectivity index (χ0) is 41.7. The number of hydrogen-bond donors (Lipinski definition) is 3. The second-order valence-electron chi connectivity index (χ2n) is 16.0. The SMILES string of the molecule is CC1(C)CC(c2ccccc2)=C(CN2CC=C(c3ccc(C(=O)NS(=O)(=O)c4ccc(NCC5CCOCC5)c([N+](=O)[O-])c4)c(Oc4ccc(N)nc4)c3)CC2)CC1Cl. The van der Waals surface area contributed by atoms with Crippen molar-refractivity contribution < 1.29 is 27.6 Å². The van der Waals surface area contributed by atoms with Crippen molar-refractivity contribution >= 4 is 55.9 Å². The zero-order valence-corrected chi connectivity index (χ0v) is 34.7. The van der Waals surface area contributed by atoms with Gasteiger partial charge in [0.25, 0.3) is 21.6 Å². The van der Waals surface area contributed by atoms with E-state index in [0.717, 1.165) is 62.4 Å². The molecule has 1 unspecified atom stereocenters. The van der Waals surface area contributed by atoms with Crippen LogP contribution in [-0.4, -0.2) is 73.9 Å². The lowest BCUT2D eigenvalue weighted by Gasteiger charge is -2.39. The molecule has 1 saturated heterocycles. The molecule has 13 nitrogen and oxygen atoms in total. The summed E-state index contributed by atoms with van der Waals surface area (Å²) < 4.78 is 40.8. The van der Waals surface area contributed by atoms with Crippen molar-refractivity contribution in [1.29, 1.82) is 0 Å². The minimum Gasteiger partial charge on any atom is -0.455 e. The fraction of sp³-hybridized carbons (Fsp3) is 0.364. The fourth-order valence-corrected chi connectivity index (χ4v) is 9.04. The minimum absolute atomic E-state index is 0.0186. The highest BCUT2D eigenvalue weighted by Crippen LogP contribution is 2.46. The Kier molecular flexibility index (Phi) is 12.7. The number of sulfonamides is 1. The summed E-state index contributed by atoms with van der Waals surface area (Å²) in [5, 5.41) is 15.1. The predicted octanol–water partition coefficient (Wildman–Crippen LogP) is 8.29. The van der Waals surface area contributed by atoms with E-state index in [9.17, 15) is 23.3 Å². The number of ether oxygens (including phenoxy) is 2. The van der Waals surface area contributed by atoms with Crippen LogP contribution in [-0.2, 0) is 14.8 Å². The summed E-state index contributed by atoms with van der Waals surface area (Å²) in [7, 11) is -4.55. The number of allylic oxidation sites excluding steroid dienone is 1. The Hall–Kier alpha value is -5.28. The lowest BCUT2D eigenvalue weighted by Crippen LogP contribution is -2.35. The second kappa shape index (κ2) is 17.9. The average molecular weight is 841 g/mol. The summed E-state index contributed by atoms with van der Waals surface area (Å²) >= 11 is 6.94. The summed E-state index contributed by atoms with van der Waals surface area (Å²) in [6, 6.07) is 22.2. The van der Waals surface area contributed by atoms with Gasteiger partial charge < -0.3 is 20.5 Å². The van der Waals surface area contributed by atoms with E-state index in [-0.39, 0.29) is 45.3 Å². The van der Waals surface area contributed by atoms with Crippen LogP contribution in [0.5, 0.6) is 11.5 Å². The van der Waals surface area contributed by atoms with Gasteiger partial charge in [-0.3, -0.25) is 19.8 Å². The fourth-order valence-electron chi connectivity index (χ4n) is 7.79. The van der Waals surface area contributed by atoms with E-state index >= 15 is 0 Å². The van der Waals surface area contributed by atoms with E-state index in [1.807, 2.05) is 6.07 Å². The molecule has 4 N–H and O–H groups in total. The van der Waals surface area contributed by atoms with Gasteiger partial charge in [-0.1, -0.05) is 61.9 Å². The van der Waals surface area contributed by atoms with Gasteiger partial charge in [-0.05, 0) is 102 Å². The third-order valence-corrected chi connectivity index (χ3v) is 13.4. The van der Waals surface area contributed by atoms with Crippen LogP contribution in [0.1, 0.15) is 67.4 Å². The number of carbonyl (C=O) groups is 1. The maximum atomic E-state index is 13.8. The van der Waals surface area contributed by atoms with E-state index < -0.39 is 31.4 Å². The Bertz CT molecular complexity index is 2360. The molecule has 3 aliphatic rings. The van der Waals surface area contributed by atoms with Crippen molar-refractivity contribution in [2.75, 3.05) is 50.4 Å². The van der Waals surface area contributed by atoms with Crippen molar-refractivity contribution in [2.45, 2.75) is 56.2 Å². The van der Waals surface area contributed by atoms with Gasteiger partial charge in [-0.2, -0.15) is 0 Å². The van der Waals surface area contributed by atoms with Crippen molar-refractivity contribution in [2.24, 2.45) is 11.3 Å². The van der Waals surface area contributed by atoms with Gasteiger partial charge >= 0.3 is 0 Å². The first-order chi connectivity index (χ1) is 28.3. The Morgan fingerprint density at radius 2 is 1.85 bits per heavy atom. The first-order valence-electron chi connectivity index (χ1n) is 19.8. The number of nitrogen functional groups attached to an aromatic ring is 1. The Morgan fingerprint density at radius 1 is 1.07 bits per heavy atom. The molecule has 310 valence electrons. The highest BCUT2D eigenvalue weighted by Gasteiger charge is 2.36. The molecular formula is C44H49ClN6O7S. The number of amides is 1. The zero-order valence-electron chi connectivity index (χ0n) is 33.2. The molecule has 0 spiro atoms. The standard InChI is InChI=1S/C44H49ClN6O7S/c1-44(2)25-37(31-6-4-3-5-7-31)33(23-41(44)45)28-50-18-14-30(15-19-50)32-8-11-36(40(22-32)58-34-9-13-42(46)48-27-34)43(52)49-59(55,56)35-10-12-38(39(24-35)51(53)54)47-26-29-16-20-57-21-17-29/h3-14,22,24,27,29,41,47H,15-21,23,25-26,28H2,1-2H3,(H2,46,48)(H,49,52). The van der Waals surface area contributed by atoms with Gasteiger partial charge in [0.2, 0.25) is 0 Å². The molecule has 1 fully saturated rings. The number of anilines is 2. The van der Waals surface area contributed by atoms with Gasteiger partial charge in [-0.25, -0.2) is 18.1 Å². The van der Waals surface area contributed by atoms with Crippen LogP contribution >= 0.6 is 11.6 Å². The molecule has 4 aromatic rings. The number of nitrogens with zero attached hydrogens (tertiary/aromatic N) is 3. The van der Waals surface area contributed by atoms with Crippen LogP contribution in [0.15, 0.2) is 102 Å². The number of nitrogens with two attached hydrogens (primary N) is 1. The van der Waals surface area contributed by atoms with Crippen LogP contribution in [0.2, 0.25) is 0 Å². The molecule has 1 amide bonds. The third kappa shape index (κ3) is 10.1. The largest absolute Gasteiger partial charge is 0.455 e. The van der Waals surface area contributed by atoms with Crippen LogP contribution in [0, 0.1) is 21.4 Å². The molecule has 0 radical (unpaired) electrons. The Labute approximate surface area is 349 Å². The highest BCUT2D eigenvalue weighted by atomic mass is 35.5. The van der Waals surface area contributed by atoms with Gasteiger partial charge in [0.05, 0.1) is 21.6 Å². The van der Waals surface area contributed by atoms with Crippen LogP contribution < -0.4 is 20.5 Å². The monoisotopic (exact) mass is 840 g/mol. The molecule has 0 saturated carbocycles. The maximum absolute atomic E-state index is 13.8. The molecule has 1 aliphatic carbocycles. The summed E-state index contributed by atoms with van der Waals surface area (Å²) in [5.41, 5.74) is 11.3. The molecule has 15 heteroatoms. The Balaban J connectivity index is 1.10. The highest BCUT2D eigenvalue weighted by molar-refractivity contribution is 7.90. The normalized spacial score (nSPS) is 18.8. The van der Waals surface area contributed by atoms with Gasteiger partial charge in [0, 0.05) is 50.8 Å². The molecule has 2 aliphatic heterocycles. The van der Waals surface area contributed by atoms with Crippen molar-refractivity contribution in [1.82, 2.24) is 14.6 Å². The van der Waals surface area contributed by atoms with Gasteiger partial charge in [0.15, 0.2) is 0 Å². The van der Waals surface area contributed by atoms with Crippen molar-refractivity contribution in [3.8, 4) is 11.5 Å². The van der Waals surface area contributed by atoms with Gasteiger partial charge in [-0.15, -0.1) is 11.6 Å². The summed E-state index contributed by atoms with van der Waals surface area (Å²) in [5.74, 6) is -0.0471. The predicted molar refractivity (Wildman–Crippen MR) is 230 cm³/mol. The van der Waals surface area contributed by atoms with Crippen molar-refractivity contribution in [3.63, 3.8) is 0 Å². The molecule has 0 bridgehead atoms. The first kappa shape index (κ1) is 41.9. The van der Waals surface area contributed by atoms with Crippen LogP contribution in [0.25, 0.3) is 11.1 Å². The number of halogens is 1. The smallest absolute Gasteiger partial charge is 0.293 e. The number of benzene rings is 3. The number of alkyl halides is 1. The Morgan fingerprint density at radius 3 is 2.54 bits per heavy atom. The number of carbonyl (C=O) groups excluding carboxylic acids is 1. The van der Waals surface area contributed by atoms with E-state index in [0.29, 0.717) is 26.3 Å². The van der Waals surface area contributed by atoms with Crippen LogP contribution in [0.4, 0.5) is 17.2 Å².